The van der Waals surface area contributed by atoms with Crippen LogP contribution in [0.25, 0.3) is 0 Å². The van der Waals surface area contributed by atoms with Crippen LogP contribution >= 0.6 is 0 Å². The molecule has 0 aliphatic carbocycles. The van der Waals surface area contributed by atoms with Crippen molar-refractivity contribution in [2.45, 2.75) is 11.4 Å². The molecule has 2 N–H and O–H groups in total. The van der Waals surface area contributed by atoms with Gasteiger partial charge >= 0.3 is 5.24 Å². The summed E-state index contributed by atoms with van der Waals surface area (Å²) >= 11 is 0. The highest BCUT2D eigenvalue weighted by atomic mass is 32.2. The Balaban J connectivity index is 2.34. The highest BCUT2D eigenvalue weighted by Crippen LogP contribution is 2.17. The van der Waals surface area contributed by atoms with Crippen LogP contribution in [0.2, 0.25) is 0 Å². The summed E-state index contributed by atoms with van der Waals surface area (Å²) in [7, 11) is -1.69. The van der Waals surface area contributed by atoms with Gasteiger partial charge in [0, 0.05) is 0 Å². The molecular weight excluding hydrogens is 288 g/mol. The van der Waals surface area contributed by atoms with Crippen molar-refractivity contribution >= 4 is 15.0 Å². The summed E-state index contributed by atoms with van der Waals surface area (Å²) in [5.74, 6) is 0.720. The average molecular weight is 304 g/mol. The quantitative estimate of drug-likeness (QED) is 0.943. The Morgan fingerprint density at radius 2 is 1.76 bits per heavy atom. The van der Waals surface area contributed by atoms with E-state index >= 15 is 0 Å². The summed E-state index contributed by atoms with van der Waals surface area (Å²) in [5.41, 5.74) is 6.10. The lowest BCUT2D eigenvalue weighted by Gasteiger charge is -2.07. The fourth-order valence-electron chi connectivity index (χ4n) is 1.76. The molecule has 2 rings (SSSR count). The molecule has 0 heterocycles. The van der Waals surface area contributed by atoms with Crippen molar-refractivity contribution < 1.29 is 13.7 Å². The number of ether oxygens (including phenoxy) is 1. The number of rotatable bonds is 4. The zero-order valence-corrected chi connectivity index (χ0v) is 12.4. The summed E-state index contributed by atoms with van der Waals surface area (Å²) in [6, 6.07) is 15.5. The first-order valence-corrected chi connectivity index (χ1v) is 7.78. The molecule has 6 heteroatoms. The minimum absolute atomic E-state index is 0.140. The first-order valence-electron chi connectivity index (χ1n) is 6.26. The van der Waals surface area contributed by atoms with Crippen molar-refractivity contribution in [3.63, 3.8) is 0 Å². The Morgan fingerprint density at radius 3 is 2.29 bits per heavy atom. The summed E-state index contributed by atoms with van der Waals surface area (Å²) in [4.78, 5) is 11.9. The van der Waals surface area contributed by atoms with Crippen LogP contribution in [0.5, 0.6) is 5.75 Å². The maximum absolute atomic E-state index is 12.7. The summed E-state index contributed by atoms with van der Waals surface area (Å²) in [5, 5.41) is -0.929. The molecule has 2 aromatic rings. The van der Waals surface area contributed by atoms with E-state index in [1.54, 1.807) is 61.7 Å². The summed E-state index contributed by atoms with van der Waals surface area (Å²) in [6.45, 7) is 0.140. The number of hydrogen-bond donors (Lipinski definition) is 1. The van der Waals surface area contributed by atoms with Crippen LogP contribution in [0.4, 0.5) is 4.79 Å². The molecule has 110 valence electrons. The van der Waals surface area contributed by atoms with Crippen LogP contribution in [0.15, 0.2) is 63.9 Å². The van der Waals surface area contributed by atoms with E-state index in [0.717, 1.165) is 11.3 Å². The molecule has 1 amide bonds. The Morgan fingerprint density at radius 1 is 1.14 bits per heavy atom. The van der Waals surface area contributed by atoms with Gasteiger partial charge in [-0.15, -0.1) is 0 Å². The third-order valence-electron chi connectivity index (χ3n) is 2.92. The van der Waals surface area contributed by atoms with Gasteiger partial charge in [-0.2, -0.15) is 0 Å². The second-order valence-electron chi connectivity index (χ2n) is 4.29. The van der Waals surface area contributed by atoms with Crippen LogP contribution in [0.1, 0.15) is 5.56 Å². The Bertz CT molecular complexity index is 733. The van der Waals surface area contributed by atoms with Gasteiger partial charge in [-0.1, -0.05) is 30.3 Å². The number of carbonyl (C=O) groups excluding carboxylic acids is 1. The van der Waals surface area contributed by atoms with Crippen molar-refractivity contribution in [1.29, 1.82) is 0 Å². The zero-order chi connectivity index (χ0) is 15.3. The van der Waals surface area contributed by atoms with E-state index in [1.165, 1.54) is 0 Å². The van der Waals surface area contributed by atoms with Gasteiger partial charge in [0.15, 0.2) is 9.73 Å². The minimum Gasteiger partial charge on any atom is -0.497 e. The van der Waals surface area contributed by atoms with Gasteiger partial charge in [-0.25, -0.2) is 8.57 Å². The number of benzene rings is 2. The lowest BCUT2D eigenvalue weighted by atomic mass is 10.2. The van der Waals surface area contributed by atoms with Gasteiger partial charge in [-0.3, -0.25) is 4.79 Å². The molecule has 1 unspecified atom stereocenters. The van der Waals surface area contributed by atoms with E-state index in [0.29, 0.717) is 4.90 Å². The van der Waals surface area contributed by atoms with E-state index in [9.17, 15) is 9.00 Å². The van der Waals surface area contributed by atoms with Crippen LogP contribution < -0.4 is 10.5 Å². The SMILES string of the molecule is COc1ccc(CN=S(=O)(C(N)=O)c2ccccc2)cc1. The van der Waals surface area contributed by atoms with Gasteiger partial charge in [0.1, 0.15) is 5.75 Å². The maximum atomic E-state index is 12.7. The van der Waals surface area contributed by atoms with Crippen LogP contribution in [0.3, 0.4) is 0 Å². The smallest absolute Gasteiger partial charge is 0.319 e. The third-order valence-corrected chi connectivity index (χ3v) is 4.87. The molecule has 0 aliphatic rings. The van der Waals surface area contributed by atoms with Crippen LogP contribution in [-0.4, -0.2) is 16.6 Å². The lowest BCUT2D eigenvalue weighted by Crippen LogP contribution is -2.22. The standard InChI is InChI=1S/C15H16N2O3S/c1-20-13-9-7-12(8-10-13)11-17-21(19,15(16)18)14-5-3-2-4-6-14/h2-10H,11H2,1H3,(H2,16,18). The third kappa shape index (κ3) is 3.41. The monoisotopic (exact) mass is 304 g/mol. The molecule has 0 saturated heterocycles. The molecule has 1 atom stereocenters. The lowest BCUT2D eigenvalue weighted by molar-refractivity contribution is 0.266. The normalized spacial score (nSPS) is 13.2. The molecular formula is C15H16N2O3S. The largest absolute Gasteiger partial charge is 0.497 e. The van der Waals surface area contributed by atoms with Gasteiger partial charge in [-0.05, 0) is 29.8 Å². The Kier molecular flexibility index (Phi) is 4.59. The first-order chi connectivity index (χ1) is 10.1. The van der Waals surface area contributed by atoms with E-state index in [2.05, 4.69) is 4.36 Å². The van der Waals surface area contributed by atoms with Crippen LogP contribution in [-0.2, 0) is 16.3 Å². The molecule has 0 radical (unpaired) electrons. The molecule has 5 nitrogen and oxygen atoms in total. The van der Waals surface area contributed by atoms with Crippen molar-refractivity contribution in [3.8, 4) is 5.75 Å². The van der Waals surface area contributed by atoms with E-state index < -0.39 is 15.0 Å². The molecule has 21 heavy (non-hydrogen) atoms. The van der Waals surface area contributed by atoms with Gasteiger partial charge < -0.3 is 10.5 Å². The second-order valence-corrected chi connectivity index (χ2v) is 6.48. The molecule has 0 fully saturated rings. The summed E-state index contributed by atoms with van der Waals surface area (Å²) in [6.07, 6.45) is 0. The van der Waals surface area contributed by atoms with E-state index in [1.807, 2.05) is 0 Å². The van der Waals surface area contributed by atoms with Crippen LogP contribution in [0, 0.1) is 0 Å². The fraction of sp³-hybridized carbons (Fsp3) is 0.133. The Labute approximate surface area is 123 Å². The molecule has 0 bridgehead atoms. The predicted molar refractivity (Wildman–Crippen MR) is 81.6 cm³/mol. The van der Waals surface area contributed by atoms with Crippen molar-refractivity contribution in [1.82, 2.24) is 0 Å². The average Bonchev–Trinajstić information content (AvgIpc) is 2.53. The molecule has 0 saturated carbocycles. The topological polar surface area (TPSA) is 81.8 Å². The maximum Gasteiger partial charge on any atom is 0.319 e. The predicted octanol–water partition coefficient (Wildman–Crippen LogP) is 2.80. The number of amides is 1. The highest BCUT2D eigenvalue weighted by Gasteiger charge is 2.19. The number of primary amides is 1. The highest BCUT2D eigenvalue weighted by molar-refractivity contribution is 8.08. The Hall–Kier alpha value is -2.34. The van der Waals surface area contributed by atoms with Gasteiger partial charge in [0.05, 0.1) is 18.6 Å². The van der Waals surface area contributed by atoms with Crippen molar-refractivity contribution in [2.75, 3.05) is 7.11 Å². The van der Waals surface area contributed by atoms with E-state index in [-0.39, 0.29) is 6.54 Å². The molecule has 0 aliphatic heterocycles. The molecule has 2 aromatic carbocycles. The number of hydrogen-bond acceptors (Lipinski definition) is 4. The van der Waals surface area contributed by atoms with Gasteiger partial charge in [0.25, 0.3) is 0 Å². The van der Waals surface area contributed by atoms with Gasteiger partial charge in [0.2, 0.25) is 0 Å². The number of nitrogens with two attached hydrogens (primary N) is 1. The number of methoxy groups -OCH3 is 1. The number of nitrogens with zero attached hydrogens (tertiary/aromatic N) is 1. The van der Waals surface area contributed by atoms with Crippen molar-refractivity contribution in [2.24, 2.45) is 10.1 Å². The van der Waals surface area contributed by atoms with Crippen molar-refractivity contribution in [3.05, 3.63) is 60.2 Å². The van der Waals surface area contributed by atoms with E-state index in [4.69, 9.17) is 10.5 Å². The fourth-order valence-corrected chi connectivity index (χ4v) is 3.12. The molecule has 0 aromatic heterocycles. The zero-order valence-electron chi connectivity index (χ0n) is 11.6. The second kappa shape index (κ2) is 6.41. The summed E-state index contributed by atoms with van der Waals surface area (Å²) < 4.78 is 21.8. The first kappa shape index (κ1) is 15.1. The minimum atomic E-state index is -3.27. The number of carbonyl (C=O) groups is 1. The molecule has 0 spiro atoms.